The van der Waals surface area contributed by atoms with Gasteiger partial charge in [0, 0.05) is 36.0 Å². The second-order valence-corrected chi connectivity index (χ2v) is 16.0. The Labute approximate surface area is 367 Å². The number of esters is 1. The third-order valence-corrected chi connectivity index (χ3v) is 12.0. The molecule has 2 aliphatic heterocycles. The lowest BCUT2D eigenvalue weighted by atomic mass is 9.72. The van der Waals surface area contributed by atoms with Crippen LogP contribution in [-0.4, -0.2) is 152 Å². The topological polar surface area (TPSA) is 324 Å². The van der Waals surface area contributed by atoms with Crippen LogP contribution < -0.4 is 14.8 Å². The van der Waals surface area contributed by atoms with E-state index in [1.165, 1.54) is 50.4 Å². The summed E-state index contributed by atoms with van der Waals surface area (Å²) in [6, 6.07) is 7.19. The number of Topliss-reactive ketones (excluding diaryl/α,β-unsaturated/α-hetero) is 1. The van der Waals surface area contributed by atoms with E-state index < -0.39 is 138 Å². The Kier molecular flexibility index (Phi) is 13.2. The summed E-state index contributed by atoms with van der Waals surface area (Å²) in [5, 5.41) is 88.9. The van der Waals surface area contributed by atoms with E-state index in [0.29, 0.717) is 5.56 Å². The van der Waals surface area contributed by atoms with Gasteiger partial charge in [0.05, 0.1) is 54.2 Å². The molecule has 2 heterocycles. The lowest BCUT2D eigenvalue weighted by molar-refractivity contribution is -0.271. The summed E-state index contributed by atoms with van der Waals surface area (Å²) in [6.07, 6.45) is -16.7. The van der Waals surface area contributed by atoms with Crippen molar-refractivity contribution < 1.29 is 98.0 Å². The maximum absolute atomic E-state index is 14.0. The van der Waals surface area contributed by atoms with Crippen molar-refractivity contribution >= 4 is 41.0 Å². The Bertz CT molecular complexity index is 2370. The highest BCUT2D eigenvalue weighted by Gasteiger charge is 2.51. The minimum absolute atomic E-state index is 0.0229. The number of phenolic OH excluding ortho intramolecular Hbond substituents is 2. The van der Waals surface area contributed by atoms with Gasteiger partial charge in [-0.2, -0.15) is 0 Å². The minimum Gasteiger partial charge on any atom is -0.507 e. The summed E-state index contributed by atoms with van der Waals surface area (Å²) in [6.45, 7) is -0.0478. The first-order chi connectivity index (χ1) is 30.3. The molecule has 0 radical (unpaired) electrons. The van der Waals surface area contributed by atoms with Crippen LogP contribution in [0.25, 0.3) is 0 Å². The standard InChI is InChI=1S/C42H44ClNO20/c1-15-30(47)20(44-41(56)60-14-16-7-8-21(19(43)9-16)63-40-37(54)35(52)36(53)38(64-40)39(55)59-3)10-25(61-15)62-23-12-42(57,24(46)13-45)11-18-27(23)34(51)29-28(32(18)49)31(48)17-5-4-6-22(58-2)26(17)33(29)50/h4-9,15,20,23,25,30,35-38,40,45,47,49,51-54,57H,10-14H2,1-3H3,(H,44,56)/t15-,20-,23-,25-,30+,35-,36-,37+,38-,40+,42-/m0/s1. The molecule has 3 aromatic carbocycles. The predicted molar refractivity (Wildman–Crippen MR) is 212 cm³/mol. The molecule has 21 nitrogen and oxygen atoms in total. The zero-order valence-electron chi connectivity index (χ0n) is 34.1. The Morgan fingerprint density at radius 1 is 0.906 bits per heavy atom. The zero-order chi connectivity index (χ0) is 46.5. The maximum Gasteiger partial charge on any atom is 0.407 e. The Morgan fingerprint density at radius 3 is 2.30 bits per heavy atom. The molecule has 1 amide bonds. The van der Waals surface area contributed by atoms with Gasteiger partial charge in [-0.1, -0.05) is 29.8 Å². The van der Waals surface area contributed by atoms with E-state index >= 15 is 0 Å². The second-order valence-electron chi connectivity index (χ2n) is 15.6. The van der Waals surface area contributed by atoms with Gasteiger partial charge in [-0.3, -0.25) is 14.4 Å². The third-order valence-electron chi connectivity index (χ3n) is 11.7. The van der Waals surface area contributed by atoms with Gasteiger partial charge in [0.25, 0.3) is 0 Å². The number of methoxy groups -OCH3 is 2. The molecule has 344 valence electrons. The van der Waals surface area contributed by atoms with E-state index in [4.69, 9.17) is 40.0 Å². The van der Waals surface area contributed by atoms with Crippen LogP contribution in [0.4, 0.5) is 4.79 Å². The highest BCUT2D eigenvalue weighted by atomic mass is 35.5. The van der Waals surface area contributed by atoms with Crippen molar-refractivity contribution in [3.05, 3.63) is 80.4 Å². The molecule has 22 heteroatoms. The lowest BCUT2D eigenvalue weighted by Gasteiger charge is -2.42. The first-order valence-corrected chi connectivity index (χ1v) is 20.1. The monoisotopic (exact) mass is 917 g/mol. The summed E-state index contributed by atoms with van der Waals surface area (Å²) in [4.78, 5) is 65.8. The quantitative estimate of drug-likeness (QED) is 0.0705. The molecule has 11 atom stereocenters. The van der Waals surface area contributed by atoms with Gasteiger partial charge in [-0.25, -0.2) is 9.59 Å². The molecule has 2 aliphatic carbocycles. The minimum atomic E-state index is -2.41. The molecule has 2 saturated heterocycles. The van der Waals surface area contributed by atoms with Crippen molar-refractivity contribution in [2.75, 3.05) is 20.8 Å². The summed E-state index contributed by atoms with van der Waals surface area (Å²) in [7, 11) is 2.31. The van der Waals surface area contributed by atoms with Gasteiger partial charge in [-0.15, -0.1) is 0 Å². The van der Waals surface area contributed by atoms with Crippen molar-refractivity contribution in [2.45, 2.75) is 99.7 Å². The van der Waals surface area contributed by atoms with Crippen molar-refractivity contribution in [3.8, 4) is 23.0 Å². The molecule has 0 spiro atoms. The molecule has 0 bridgehead atoms. The highest BCUT2D eigenvalue weighted by Crippen LogP contribution is 2.52. The summed E-state index contributed by atoms with van der Waals surface area (Å²) in [5.41, 5.74) is -4.09. The van der Waals surface area contributed by atoms with Crippen molar-refractivity contribution in [3.63, 3.8) is 0 Å². The van der Waals surface area contributed by atoms with Crippen LogP contribution >= 0.6 is 11.6 Å². The Hall–Kier alpha value is -5.46. The van der Waals surface area contributed by atoms with Crippen molar-refractivity contribution in [2.24, 2.45) is 0 Å². The van der Waals surface area contributed by atoms with Gasteiger partial charge >= 0.3 is 12.1 Å². The van der Waals surface area contributed by atoms with E-state index in [0.717, 1.165) is 7.11 Å². The van der Waals surface area contributed by atoms with Crippen molar-refractivity contribution in [1.82, 2.24) is 5.32 Å². The van der Waals surface area contributed by atoms with Gasteiger partial charge < -0.3 is 79.3 Å². The normalized spacial score (nSPS) is 29.7. The Morgan fingerprint density at radius 2 is 1.62 bits per heavy atom. The smallest absolute Gasteiger partial charge is 0.407 e. The number of phenols is 2. The van der Waals surface area contributed by atoms with Gasteiger partial charge in [0.15, 0.2) is 24.0 Å². The number of nitrogens with one attached hydrogen (secondary N) is 1. The molecule has 4 aliphatic rings. The van der Waals surface area contributed by atoms with Gasteiger partial charge in [0.1, 0.15) is 66.2 Å². The molecule has 64 heavy (non-hydrogen) atoms. The van der Waals surface area contributed by atoms with Crippen LogP contribution in [0.1, 0.15) is 74.4 Å². The van der Waals surface area contributed by atoms with Gasteiger partial charge in [-0.05, 0) is 30.7 Å². The summed E-state index contributed by atoms with van der Waals surface area (Å²) >= 11 is 6.37. The number of ether oxygens (including phenoxy) is 7. The SMILES string of the molecule is COC(=O)[C@H]1O[C@@H](Oc2ccc(COC(=O)N[C@H]3C[C@H](O[C@H]4C[C@](O)(C(=O)CO)Cc5c(O)c6c(c(O)c54)C(=O)c4c(OC)cccc4C6=O)O[C@@H](C)[C@H]3O)cc2Cl)[C@H](O)[C@@H](O)[C@@H]1O. The number of ketones is 3. The number of aliphatic hydroxyl groups is 6. The second kappa shape index (κ2) is 18.2. The molecule has 9 N–H and O–H groups in total. The van der Waals surface area contributed by atoms with E-state index in [1.54, 1.807) is 0 Å². The largest absolute Gasteiger partial charge is 0.507 e. The first kappa shape index (κ1) is 46.5. The first-order valence-electron chi connectivity index (χ1n) is 19.7. The Balaban J connectivity index is 1.06. The number of aliphatic hydroxyl groups excluding tert-OH is 5. The zero-order valence-corrected chi connectivity index (χ0v) is 34.9. The fourth-order valence-electron chi connectivity index (χ4n) is 8.31. The average Bonchev–Trinajstić information content (AvgIpc) is 3.27. The van der Waals surface area contributed by atoms with Crippen LogP contribution in [0.3, 0.4) is 0 Å². The number of benzene rings is 3. The molecule has 0 saturated carbocycles. The molecule has 0 unspecified atom stereocenters. The van der Waals surface area contributed by atoms with Crippen molar-refractivity contribution in [1.29, 1.82) is 0 Å². The summed E-state index contributed by atoms with van der Waals surface area (Å²) in [5.74, 6) is -5.47. The molecular formula is C42H44ClNO20. The number of amides is 1. The van der Waals surface area contributed by atoms with Crippen LogP contribution in [0.5, 0.6) is 23.0 Å². The number of hydrogen-bond acceptors (Lipinski definition) is 20. The van der Waals surface area contributed by atoms with E-state index in [-0.39, 0.29) is 51.8 Å². The third kappa shape index (κ3) is 8.35. The lowest BCUT2D eigenvalue weighted by Crippen LogP contribution is -2.61. The van der Waals surface area contributed by atoms with Gasteiger partial charge in [0.2, 0.25) is 12.1 Å². The van der Waals surface area contributed by atoms with E-state index in [9.17, 15) is 64.8 Å². The number of carbonyl (C=O) groups excluding carboxylic acids is 5. The molecular weight excluding hydrogens is 874 g/mol. The fraction of sp³-hybridized carbons (Fsp3) is 0.452. The highest BCUT2D eigenvalue weighted by molar-refractivity contribution is 6.32. The van der Waals surface area contributed by atoms with E-state index in [2.05, 4.69) is 10.1 Å². The molecule has 7 rings (SSSR count). The molecule has 3 aromatic rings. The summed E-state index contributed by atoms with van der Waals surface area (Å²) < 4.78 is 38.2. The number of hydrogen-bond donors (Lipinski definition) is 9. The van der Waals surface area contributed by atoms with Crippen LogP contribution in [-0.2, 0) is 46.3 Å². The number of halogens is 1. The van der Waals surface area contributed by atoms with Crippen LogP contribution in [0.15, 0.2) is 36.4 Å². The maximum atomic E-state index is 14.0. The number of aromatic hydroxyl groups is 2. The fourth-order valence-corrected chi connectivity index (χ4v) is 8.56. The number of carbonyl (C=O) groups is 5. The molecule has 2 fully saturated rings. The van der Waals surface area contributed by atoms with Crippen LogP contribution in [0, 0.1) is 0 Å². The molecule has 0 aromatic heterocycles. The number of rotatable bonds is 11. The number of alkyl carbamates (subject to hydrolysis) is 1. The predicted octanol–water partition coefficient (Wildman–Crippen LogP) is -0.0182. The average molecular weight is 918 g/mol. The van der Waals surface area contributed by atoms with Crippen LogP contribution in [0.2, 0.25) is 5.02 Å². The van der Waals surface area contributed by atoms with E-state index in [1.807, 2.05) is 0 Å². The number of fused-ring (bicyclic) bond motifs is 3.